The van der Waals surface area contributed by atoms with Gasteiger partial charge in [-0.25, -0.2) is 9.59 Å². The predicted molar refractivity (Wildman–Crippen MR) is 135 cm³/mol. The quantitative estimate of drug-likeness (QED) is 0.367. The maximum absolute atomic E-state index is 13.5. The van der Waals surface area contributed by atoms with Crippen LogP contribution in [0.15, 0.2) is 18.2 Å². The number of nitrogens with one attached hydrogen (secondary N) is 1. The van der Waals surface area contributed by atoms with Gasteiger partial charge in [-0.1, -0.05) is 25.4 Å². The van der Waals surface area contributed by atoms with Crippen LogP contribution in [0.25, 0.3) is 10.9 Å². The maximum Gasteiger partial charge on any atom is 0.348 e. The highest BCUT2D eigenvalue weighted by Gasteiger charge is 2.29. The lowest BCUT2D eigenvalue weighted by atomic mass is 10.1. The minimum absolute atomic E-state index is 0.163. The summed E-state index contributed by atoms with van der Waals surface area (Å²) in [6.07, 6.45) is 0. The molecule has 1 N–H and O–H groups in total. The normalized spacial score (nSPS) is 11.2. The van der Waals surface area contributed by atoms with E-state index < -0.39 is 11.9 Å². The molecule has 0 fully saturated rings. The average molecular weight is 505 g/mol. The minimum Gasteiger partial charge on any atom is -0.462 e. The van der Waals surface area contributed by atoms with Gasteiger partial charge in [0.2, 0.25) is 0 Å². The molecule has 2 aromatic heterocycles. The van der Waals surface area contributed by atoms with Crippen molar-refractivity contribution in [1.82, 2.24) is 4.57 Å². The smallest absolute Gasteiger partial charge is 0.348 e. The first-order valence-corrected chi connectivity index (χ1v) is 12.4. The highest BCUT2D eigenvalue weighted by Crippen LogP contribution is 2.36. The number of hydrogen-bond acceptors (Lipinski definition) is 6. The van der Waals surface area contributed by atoms with Gasteiger partial charge in [0.1, 0.15) is 15.6 Å². The summed E-state index contributed by atoms with van der Waals surface area (Å²) in [5.74, 6) is -1.36. The summed E-state index contributed by atoms with van der Waals surface area (Å²) in [6.45, 7) is 12.0. The summed E-state index contributed by atoms with van der Waals surface area (Å²) >= 11 is 7.20. The van der Waals surface area contributed by atoms with E-state index in [4.69, 9.17) is 21.1 Å². The van der Waals surface area contributed by atoms with Crippen molar-refractivity contribution in [2.75, 3.05) is 18.5 Å². The van der Waals surface area contributed by atoms with Crippen LogP contribution in [0.2, 0.25) is 5.02 Å². The Hall–Kier alpha value is -2.84. The molecule has 1 amide bonds. The van der Waals surface area contributed by atoms with Gasteiger partial charge in [0.25, 0.3) is 5.91 Å². The Morgan fingerprint density at radius 1 is 1.09 bits per heavy atom. The molecule has 0 spiro atoms. The molecule has 0 aliphatic heterocycles. The van der Waals surface area contributed by atoms with Crippen molar-refractivity contribution in [2.45, 2.75) is 48.1 Å². The number of carbonyl (C=O) groups excluding carboxylic acids is 3. The Morgan fingerprint density at radius 3 is 2.41 bits per heavy atom. The summed E-state index contributed by atoms with van der Waals surface area (Å²) in [5.41, 5.74) is 2.72. The van der Waals surface area contributed by atoms with E-state index in [-0.39, 0.29) is 40.5 Å². The molecular weight excluding hydrogens is 476 g/mol. The molecule has 0 aliphatic carbocycles. The van der Waals surface area contributed by atoms with E-state index in [9.17, 15) is 14.4 Å². The van der Waals surface area contributed by atoms with Crippen LogP contribution < -0.4 is 5.32 Å². The Balaban J connectivity index is 2.05. The van der Waals surface area contributed by atoms with E-state index in [1.54, 1.807) is 19.9 Å². The van der Waals surface area contributed by atoms with Crippen molar-refractivity contribution >= 4 is 56.7 Å². The van der Waals surface area contributed by atoms with Gasteiger partial charge in [0.15, 0.2) is 0 Å². The van der Waals surface area contributed by atoms with Crippen LogP contribution in [-0.4, -0.2) is 35.6 Å². The molecular formula is C25H29ClN2O5S. The first-order valence-electron chi connectivity index (χ1n) is 11.2. The predicted octanol–water partition coefficient (Wildman–Crippen LogP) is 6.23. The van der Waals surface area contributed by atoms with Crippen LogP contribution in [-0.2, 0) is 16.0 Å². The number of carbonyl (C=O) groups is 3. The second-order valence-corrected chi connectivity index (χ2v) is 9.76. The fourth-order valence-corrected chi connectivity index (χ4v) is 5.09. The zero-order valence-corrected chi connectivity index (χ0v) is 21.8. The zero-order valence-electron chi connectivity index (χ0n) is 20.2. The van der Waals surface area contributed by atoms with Crippen molar-refractivity contribution in [1.29, 1.82) is 0 Å². The number of hydrogen-bond donors (Lipinski definition) is 1. The Bertz CT molecular complexity index is 1260. The van der Waals surface area contributed by atoms with E-state index in [1.165, 1.54) is 0 Å². The van der Waals surface area contributed by atoms with Gasteiger partial charge in [-0.15, -0.1) is 11.3 Å². The number of anilines is 1. The third-order valence-electron chi connectivity index (χ3n) is 5.40. The second-order valence-electron chi connectivity index (χ2n) is 8.31. The first kappa shape index (κ1) is 25.8. The number of nitrogens with zero attached hydrogens (tertiary/aromatic N) is 1. The highest BCUT2D eigenvalue weighted by molar-refractivity contribution is 7.18. The number of halogens is 1. The first-order chi connectivity index (χ1) is 16.1. The van der Waals surface area contributed by atoms with Crippen molar-refractivity contribution in [2.24, 2.45) is 5.92 Å². The molecule has 0 saturated heterocycles. The van der Waals surface area contributed by atoms with Crippen LogP contribution in [0.3, 0.4) is 0 Å². The second kappa shape index (κ2) is 10.6. The summed E-state index contributed by atoms with van der Waals surface area (Å²) in [7, 11) is 0. The fourth-order valence-electron chi connectivity index (χ4n) is 3.83. The summed E-state index contributed by atoms with van der Waals surface area (Å²) in [6, 6.07) is 5.50. The number of aryl methyl sites for hydroxylation is 2. The molecule has 7 nitrogen and oxygen atoms in total. The van der Waals surface area contributed by atoms with Crippen LogP contribution in [0, 0.1) is 19.8 Å². The van der Waals surface area contributed by atoms with Gasteiger partial charge in [-0.2, -0.15) is 0 Å². The summed E-state index contributed by atoms with van der Waals surface area (Å²) < 4.78 is 12.5. The number of thiophene rings is 1. The number of aromatic nitrogens is 1. The standard InChI is InChI=1S/C25H29ClN2O5S/c1-7-28-18-10-9-16(26)11-17(18)14(5)20(28)22(29)27-23-19(24(30)32-8-2)15(6)21(34-23)25(31)33-12-13(3)4/h9-11,13H,7-8,12H2,1-6H3,(H,27,29). The zero-order chi connectivity index (χ0) is 25.2. The minimum atomic E-state index is -0.603. The summed E-state index contributed by atoms with van der Waals surface area (Å²) in [4.78, 5) is 39.2. The van der Waals surface area contributed by atoms with Crippen molar-refractivity contribution in [3.63, 3.8) is 0 Å². The van der Waals surface area contributed by atoms with Crippen LogP contribution in [0.4, 0.5) is 5.00 Å². The molecule has 1 aromatic carbocycles. The van der Waals surface area contributed by atoms with E-state index in [0.29, 0.717) is 22.8 Å². The fraction of sp³-hybridized carbons (Fsp3) is 0.400. The number of benzene rings is 1. The molecule has 3 aromatic rings. The Kier molecular flexibility index (Phi) is 8.05. The van der Waals surface area contributed by atoms with Crippen LogP contribution in [0.5, 0.6) is 0 Å². The molecule has 0 saturated carbocycles. The van der Waals surface area contributed by atoms with Gasteiger partial charge in [0, 0.05) is 22.5 Å². The summed E-state index contributed by atoms with van der Waals surface area (Å²) in [5, 5.41) is 4.57. The van der Waals surface area contributed by atoms with Crippen molar-refractivity contribution < 1.29 is 23.9 Å². The number of ether oxygens (including phenoxy) is 2. The lowest BCUT2D eigenvalue weighted by Crippen LogP contribution is -2.19. The number of rotatable bonds is 8. The number of fused-ring (bicyclic) bond motifs is 1. The van der Waals surface area contributed by atoms with Gasteiger partial charge < -0.3 is 19.4 Å². The van der Waals surface area contributed by atoms with Gasteiger partial charge in [-0.3, -0.25) is 4.79 Å². The van der Waals surface area contributed by atoms with E-state index in [0.717, 1.165) is 27.8 Å². The van der Waals surface area contributed by atoms with Gasteiger partial charge >= 0.3 is 11.9 Å². The lowest BCUT2D eigenvalue weighted by molar-refractivity contribution is 0.0464. The molecule has 0 radical (unpaired) electrons. The molecule has 0 atom stereocenters. The average Bonchev–Trinajstić information content (AvgIpc) is 3.25. The maximum atomic E-state index is 13.5. The number of amides is 1. The lowest BCUT2D eigenvalue weighted by Gasteiger charge is -2.10. The Morgan fingerprint density at radius 2 is 1.79 bits per heavy atom. The molecule has 0 unspecified atom stereocenters. The molecule has 3 rings (SSSR count). The van der Waals surface area contributed by atoms with Gasteiger partial charge in [-0.05, 0) is 62.9 Å². The third-order valence-corrected chi connectivity index (χ3v) is 6.82. The molecule has 182 valence electrons. The Labute approximate surface area is 208 Å². The monoisotopic (exact) mass is 504 g/mol. The van der Waals surface area contributed by atoms with Crippen LogP contribution in [0.1, 0.15) is 69.3 Å². The molecule has 9 heteroatoms. The van der Waals surface area contributed by atoms with Gasteiger partial charge in [0.05, 0.1) is 18.8 Å². The van der Waals surface area contributed by atoms with Crippen LogP contribution >= 0.6 is 22.9 Å². The molecule has 34 heavy (non-hydrogen) atoms. The van der Waals surface area contributed by atoms with E-state index in [1.807, 2.05) is 44.4 Å². The van der Waals surface area contributed by atoms with Crippen molar-refractivity contribution in [3.05, 3.63) is 50.5 Å². The molecule has 0 bridgehead atoms. The third kappa shape index (κ3) is 4.98. The number of esters is 2. The van der Waals surface area contributed by atoms with Crippen molar-refractivity contribution in [3.8, 4) is 0 Å². The van der Waals surface area contributed by atoms with E-state index >= 15 is 0 Å². The highest BCUT2D eigenvalue weighted by atomic mass is 35.5. The molecule has 2 heterocycles. The van der Waals surface area contributed by atoms with E-state index in [2.05, 4.69) is 5.32 Å². The SMILES string of the molecule is CCOC(=O)c1c(NC(=O)c2c(C)c3cc(Cl)ccc3n2CC)sc(C(=O)OCC(C)C)c1C. The topological polar surface area (TPSA) is 86.6 Å². The molecule has 0 aliphatic rings. The largest absolute Gasteiger partial charge is 0.462 e.